The largest absolute Gasteiger partial charge is 0.467 e. The third-order valence-electron chi connectivity index (χ3n) is 3.37. The van der Waals surface area contributed by atoms with Crippen LogP contribution in [-0.2, 0) is 4.79 Å². The van der Waals surface area contributed by atoms with Crippen LogP contribution in [0.4, 0.5) is 0 Å². The smallest absolute Gasteiger partial charge is 0.234 e. The van der Waals surface area contributed by atoms with Gasteiger partial charge in [-0.3, -0.25) is 9.69 Å². The van der Waals surface area contributed by atoms with Crippen molar-refractivity contribution >= 4 is 5.91 Å². The monoisotopic (exact) mass is 281 g/mol. The molecule has 0 saturated carbocycles. The van der Waals surface area contributed by atoms with Gasteiger partial charge < -0.3 is 15.5 Å². The quantitative estimate of drug-likeness (QED) is 0.761. The van der Waals surface area contributed by atoms with Crippen molar-refractivity contribution in [3.05, 3.63) is 24.2 Å². The molecule has 3 N–H and O–H groups in total. The van der Waals surface area contributed by atoms with Crippen LogP contribution in [0.25, 0.3) is 0 Å². The number of likely N-dealkylation sites (N-methyl/N-ethyl adjacent to an activating group) is 1. The van der Waals surface area contributed by atoms with Crippen molar-refractivity contribution in [3.63, 3.8) is 0 Å². The van der Waals surface area contributed by atoms with Gasteiger partial charge in [-0.05, 0) is 37.6 Å². The lowest BCUT2D eigenvalue weighted by molar-refractivity contribution is -0.123. The Morgan fingerprint density at radius 2 is 2.25 bits per heavy atom. The van der Waals surface area contributed by atoms with Crippen LogP contribution in [-0.4, -0.2) is 37.0 Å². The van der Waals surface area contributed by atoms with Crippen molar-refractivity contribution in [3.8, 4) is 0 Å². The van der Waals surface area contributed by atoms with E-state index in [-0.39, 0.29) is 17.4 Å². The lowest BCUT2D eigenvalue weighted by atomic mass is 9.93. The molecule has 0 bridgehead atoms. The number of nitrogens with one attached hydrogen (secondary N) is 1. The number of furan rings is 1. The number of amides is 1. The number of carbonyl (C=O) groups excluding carboxylic acids is 1. The molecular weight excluding hydrogens is 254 g/mol. The fraction of sp³-hybridized carbons (Fsp3) is 0.667. The summed E-state index contributed by atoms with van der Waals surface area (Å²) in [7, 11) is 0. The molecule has 0 spiro atoms. The molecule has 0 radical (unpaired) electrons. The third-order valence-corrected chi connectivity index (χ3v) is 3.37. The Kier molecular flexibility index (Phi) is 6.23. The average Bonchev–Trinajstić information content (AvgIpc) is 2.91. The summed E-state index contributed by atoms with van der Waals surface area (Å²) < 4.78 is 5.28. The van der Waals surface area contributed by atoms with Gasteiger partial charge in [0.1, 0.15) is 5.76 Å². The molecule has 114 valence electrons. The predicted molar refractivity (Wildman–Crippen MR) is 80.2 cm³/mol. The fourth-order valence-electron chi connectivity index (χ4n) is 2.05. The Balaban J connectivity index is 2.47. The van der Waals surface area contributed by atoms with E-state index in [1.807, 2.05) is 19.1 Å². The van der Waals surface area contributed by atoms with Crippen LogP contribution in [0.15, 0.2) is 22.8 Å². The predicted octanol–water partition coefficient (Wildman–Crippen LogP) is 1.76. The SMILES string of the molecule is CCN(CC(=O)NC(C)c1ccco1)CC(C)(C)CN. The molecule has 0 fully saturated rings. The Morgan fingerprint density at radius 1 is 1.55 bits per heavy atom. The van der Waals surface area contributed by atoms with Crippen LogP contribution in [0.2, 0.25) is 0 Å². The zero-order chi connectivity index (χ0) is 15.2. The van der Waals surface area contributed by atoms with Crippen molar-refractivity contribution in [2.24, 2.45) is 11.1 Å². The first kappa shape index (κ1) is 16.7. The summed E-state index contributed by atoms with van der Waals surface area (Å²) in [6, 6.07) is 3.57. The molecule has 20 heavy (non-hydrogen) atoms. The van der Waals surface area contributed by atoms with Crippen LogP contribution in [0.1, 0.15) is 39.5 Å². The van der Waals surface area contributed by atoms with E-state index < -0.39 is 0 Å². The van der Waals surface area contributed by atoms with Gasteiger partial charge in [-0.25, -0.2) is 0 Å². The van der Waals surface area contributed by atoms with E-state index in [2.05, 4.69) is 31.0 Å². The highest BCUT2D eigenvalue weighted by Gasteiger charge is 2.21. The van der Waals surface area contributed by atoms with Crippen molar-refractivity contribution in [1.82, 2.24) is 10.2 Å². The maximum absolute atomic E-state index is 12.1. The Morgan fingerprint density at radius 3 is 2.75 bits per heavy atom. The van der Waals surface area contributed by atoms with Crippen LogP contribution in [0.3, 0.4) is 0 Å². The summed E-state index contributed by atoms with van der Waals surface area (Å²) in [4.78, 5) is 14.2. The molecule has 0 aliphatic heterocycles. The van der Waals surface area contributed by atoms with Gasteiger partial charge >= 0.3 is 0 Å². The molecule has 0 aliphatic carbocycles. The molecular formula is C15H27N3O2. The number of hydrogen-bond donors (Lipinski definition) is 2. The van der Waals surface area contributed by atoms with E-state index >= 15 is 0 Å². The van der Waals surface area contributed by atoms with E-state index in [0.717, 1.165) is 18.8 Å². The molecule has 1 atom stereocenters. The molecule has 5 heteroatoms. The number of rotatable bonds is 8. The number of nitrogens with two attached hydrogens (primary N) is 1. The normalized spacial score (nSPS) is 13.5. The molecule has 1 unspecified atom stereocenters. The van der Waals surface area contributed by atoms with Crippen LogP contribution < -0.4 is 11.1 Å². The van der Waals surface area contributed by atoms with Crippen LogP contribution >= 0.6 is 0 Å². The molecule has 1 amide bonds. The van der Waals surface area contributed by atoms with E-state index in [1.165, 1.54) is 0 Å². The van der Waals surface area contributed by atoms with Crippen molar-refractivity contribution < 1.29 is 9.21 Å². The van der Waals surface area contributed by atoms with Gasteiger partial charge in [0, 0.05) is 6.54 Å². The first-order valence-corrected chi connectivity index (χ1v) is 7.13. The minimum Gasteiger partial charge on any atom is -0.467 e. The summed E-state index contributed by atoms with van der Waals surface area (Å²) in [5, 5.41) is 2.95. The second-order valence-corrected chi connectivity index (χ2v) is 5.98. The maximum atomic E-state index is 12.1. The molecule has 1 heterocycles. The molecule has 0 aliphatic rings. The molecule has 5 nitrogen and oxygen atoms in total. The number of hydrogen-bond acceptors (Lipinski definition) is 4. The van der Waals surface area contributed by atoms with Gasteiger partial charge in [0.2, 0.25) is 5.91 Å². The summed E-state index contributed by atoms with van der Waals surface area (Å²) in [5.74, 6) is 0.771. The fourth-order valence-corrected chi connectivity index (χ4v) is 2.05. The van der Waals surface area contributed by atoms with Gasteiger partial charge in [0.25, 0.3) is 0 Å². The summed E-state index contributed by atoms with van der Waals surface area (Å²) in [5.41, 5.74) is 5.76. The first-order chi connectivity index (χ1) is 9.38. The second kappa shape index (κ2) is 7.45. The molecule has 1 aromatic rings. The maximum Gasteiger partial charge on any atom is 0.234 e. The summed E-state index contributed by atoms with van der Waals surface area (Å²) in [6.45, 7) is 10.8. The number of carbonyl (C=O) groups is 1. The van der Waals surface area contributed by atoms with Crippen LogP contribution in [0.5, 0.6) is 0 Å². The van der Waals surface area contributed by atoms with Crippen LogP contribution in [0, 0.1) is 5.41 Å². The zero-order valence-electron chi connectivity index (χ0n) is 13.0. The van der Waals surface area contributed by atoms with E-state index in [1.54, 1.807) is 6.26 Å². The topological polar surface area (TPSA) is 71.5 Å². The highest BCUT2D eigenvalue weighted by Crippen LogP contribution is 2.15. The minimum absolute atomic E-state index is 0.00331. The van der Waals surface area contributed by atoms with Crippen molar-refractivity contribution in [2.75, 3.05) is 26.2 Å². The Bertz CT molecular complexity index is 401. The molecule has 1 rings (SSSR count). The van der Waals surface area contributed by atoms with E-state index in [0.29, 0.717) is 13.1 Å². The van der Waals surface area contributed by atoms with Gasteiger partial charge in [0.15, 0.2) is 0 Å². The van der Waals surface area contributed by atoms with Crippen molar-refractivity contribution in [1.29, 1.82) is 0 Å². The third kappa shape index (κ3) is 5.35. The molecule has 1 aromatic heterocycles. The summed E-state index contributed by atoms with van der Waals surface area (Å²) in [6.07, 6.45) is 1.61. The Labute approximate surface area is 121 Å². The minimum atomic E-state index is -0.112. The highest BCUT2D eigenvalue weighted by atomic mass is 16.3. The summed E-state index contributed by atoms with van der Waals surface area (Å²) >= 11 is 0. The lowest BCUT2D eigenvalue weighted by Crippen LogP contribution is -2.44. The average molecular weight is 281 g/mol. The second-order valence-electron chi connectivity index (χ2n) is 5.98. The highest BCUT2D eigenvalue weighted by molar-refractivity contribution is 5.78. The standard InChI is InChI=1S/C15H27N3O2/c1-5-18(11-15(3,4)10-16)9-14(19)17-12(2)13-7-6-8-20-13/h6-8,12H,5,9-11,16H2,1-4H3,(H,17,19). The van der Waals surface area contributed by atoms with Gasteiger partial charge in [-0.1, -0.05) is 20.8 Å². The van der Waals surface area contributed by atoms with Gasteiger partial charge in [-0.15, -0.1) is 0 Å². The zero-order valence-corrected chi connectivity index (χ0v) is 13.0. The lowest BCUT2D eigenvalue weighted by Gasteiger charge is -2.30. The first-order valence-electron chi connectivity index (χ1n) is 7.13. The van der Waals surface area contributed by atoms with Gasteiger partial charge in [-0.2, -0.15) is 0 Å². The van der Waals surface area contributed by atoms with Gasteiger partial charge in [0.05, 0.1) is 18.8 Å². The molecule has 0 saturated heterocycles. The van der Waals surface area contributed by atoms with Crippen molar-refractivity contribution in [2.45, 2.75) is 33.7 Å². The van der Waals surface area contributed by atoms with E-state index in [9.17, 15) is 4.79 Å². The Hall–Kier alpha value is -1.33. The van der Waals surface area contributed by atoms with E-state index in [4.69, 9.17) is 10.2 Å². The number of nitrogens with zero attached hydrogens (tertiary/aromatic N) is 1. The molecule has 0 aromatic carbocycles.